The Hall–Kier alpha value is -1.06. The van der Waals surface area contributed by atoms with E-state index < -0.39 is 5.41 Å². The van der Waals surface area contributed by atoms with Gasteiger partial charge in [0, 0.05) is 18.3 Å². The van der Waals surface area contributed by atoms with Gasteiger partial charge in [-0.1, -0.05) is 106 Å². The van der Waals surface area contributed by atoms with E-state index in [1.807, 2.05) is 13.8 Å². The molecule has 0 bridgehead atoms. The van der Waals surface area contributed by atoms with Gasteiger partial charge in [-0.3, -0.25) is 9.59 Å². The highest BCUT2D eigenvalue weighted by atomic mass is 16.6. The quantitative estimate of drug-likeness (QED) is 0.157. The third-order valence-electron chi connectivity index (χ3n) is 5.71. The van der Waals surface area contributed by atoms with Crippen LogP contribution >= 0.6 is 0 Å². The van der Waals surface area contributed by atoms with Crippen LogP contribution in [0.15, 0.2) is 0 Å². The number of rotatable bonds is 19. The number of carbonyl (C=O) groups excluding carboxylic acids is 2. The summed E-state index contributed by atoms with van der Waals surface area (Å²) in [6.45, 7) is 12.9. The molecule has 0 spiro atoms. The lowest BCUT2D eigenvalue weighted by Crippen LogP contribution is -2.41. The van der Waals surface area contributed by atoms with Gasteiger partial charge >= 0.3 is 11.9 Å². The average Bonchev–Trinajstić information content (AvgIpc) is 2.69. The van der Waals surface area contributed by atoms with Crippen LogP contribution < -0.4 is 0 Å². The maximum atomic E-state index is 12.4. The molecule has 1 unspecified atom stereocenters. The highest BCUT2D eigenvalue weighted by Gasteiger charge is 2.36. The van der Waals surface area contributed by atoms with Gasteiger partial charge in [0.05, 0.1) is 6.61 Å². The third-order valence-corrected chi connectivity index (χ3v) is 5.71. The Kier molecular flexibility index (Phi) is 17.0. The molecule has 1 atom stereocenters. The van der Waals surface area contributed by atoms with Crippen molar-refractivity contribution in [3.63, 3.8) is 0 Å². The summed E-state index contributed by atoms with van der Waals surface area (Å²) in [4.78, 5) is 24.5. The molecule has 4 nitrogen and oxygen atoms in total. The first-order valence-corrected chi connectivity index (χ1v) is 12.6. The Morgan fingerprint density at radius 2 is 1.13 bits per heavy atom. The van der Waals surface area contributed by atoms with Crippen molar-refractivity contribution >= 4 is 11.9 Å². The molecular formula is C26H50O4. The summed E-state index contributed by atoms with van der Waals surface area (Å²) in [6.07, 6.45) is 14.5. The summed E-state index contributed by atoms with van der Waals surface area (Å²) in [5.74, 6) is -0.0964. The van der Waals surface area contributed by atoms with Gasteiger partial charge in [-0.25, -0.2) is 0 Å². The van der Waals surface area contributed by atoms with Gasteiger partial charge in [0.2, 0.25) is 0 Å². The molecule has 0 rings (SSSR count). The summed E-state index contributed by atoms with van der Waals surface area (Å²) in [7, 11) is 0. The molecule has 0 aliphatic rings. The molecule has 0 saturated carbocycles. The lowest BCUT2D eigenvalue weighted by Gasteiger charge is -2.36. The van der Waals surface area contributed by atoms with Crippen LogP contribution in [0.2, 0.25) is 0 Å². The molecular weight excluding hydrogens is 376 g/mol. The van der Waals surface area contributed by atoms with Crippen LogP contribution in [0.1, 0.15) is 131 Å². The third kappa shape index (κ3) is 14.8. The lowest BCUT2D eigenvalue weighted by molar-refractivity contribution is -0.165. The van der Waals surface area contributed by atoms with Gasteiger partial charge in [0.25, 0.3) is 0 Å². The first kappa shape index (κ1) is 28.9. The minimum absolute atomic E-state index is 0.129. The first-order valence-electron chi connectivity index (χ1n) is 12.6. The van der Waals surface area contributed by atoms with Gasteiger partial charge in [0.15, 0.2) is 0 Å². The lowest BCUT2D eigenvalue weighted by atomic mass is 9.81. The maximum Gasteiger partial charge on any atom is 0.306 e. The molecule has 0 radical (unpaired) electrons. The van der Waals surface area contributed by atoms with Crippen molar-refractivity contribution in [1.82, 2.24) is 0 Å². The van der Waals surface area contributed by atoms with Crippen LogP contribution in [0.4, 0.5) is 0 Å². The van der Waals surface area contributed by atoms with Gasteiger partial charge in [-0.2, -0.15) is 0 Å². The van der Waals surface area contributed by atoms with E-state index >= 15 is 0 Å². The second kappa shape index (κ2) is 17.6. The van der Waals surface area contributed by atoms with Crippen LogP contribution in [-0.2, 0) is 19.1 Å². The monoisotopic (exact) mass is 426 g/mol. The summed E-state index contributed by atoms with van der Waals surface area (Å²) < 4.78 is 11.4. The van der Waals surface area contributed by atoms with E-state index in [9.17, 15) is 9.59 Å². The summed E-state index contributed by atoms with van der Waals surface area (Å²) in [5, 5.41) is 0. The van der Waals surface area contributed by atoms with Crippen LogP contribution in [0.25, 0.3) is 0 Å². The van der Waals surface area contributed by atoms with E-state index in [4.69, 9.17) is 9.47 Å². The van der Waals surface area contributed by atoms with Gasteiger partial charge in [-0.15, -0.1) is 0 Å². The molecule has 0 aliphatic carbocycles. The molecule has 0 N–H and O–H groups in total. The van der Waals surface area contributed by atoms with E-state index in [-0.39, 0.29) is 30.6 Å². The number of esters is 2. The molecule has 4 heteroatoms. The summed E-state index contributed by atoms with van der Waals surface area (Å²) in [5.41, 5.74) is -0.401. The standard InChI is InChI=1S/C26H50O4/c1-7-9-11-13-15-17-19-23(27)29-21-26(5,6)25(22(3)4)30-24(28)20-18-16-14-12-10-8-2/h22,25H,7-21H2,1-6H3. The first-order chi connectivity index (χ1) is 14.2. The van der Waals surface area contributed by atoms with Crippen molar-refractivity contribution in [3.05, 3.63) is 0 Å². The molecule has 0 fully saturated rings. The Balaban J connectivity index is 4.27. The molecule has 0 amide bonds. The van der Waals surface area contributed by atoms with Crippen molar-refractivity contribution in [2.24, 2.45) is 11.3 Å². The van der Waals surface area contributed by atoms with Crippen molar-refractivity contribution in [3.8, 4) is 0 Å². The van der Waals surface area contributed by atoms with Crippen molar-refractivity contribution in [2.45, 2.75) is 138 Å². The number of carbonyl (C=O) groups is 2. The molecule has 30 heavy (non-hydrogen) atoms. The average molecular weight is 427 g/mol. The maximum absolute atomic E-state index is 12.4. The largest absolute Gasteiger partial charge is 0.465 e. The topological polar surface area (TPSA) is 52.6 Å². The molecule has 0 aromatic heterocycles. The highest BCUT2D eigenvalue weighted by Crippen LogP contribution is 2.30. The SMILES string of the molecule is CCCCCCCCC(=O)OCC(C)(C)C(OC(=O)CCCCCCCC)C(C)C. The number of hydrogen-bond acceptors (Lipinski definition) is 4. The Bertz CT molecular complexity index is 442. The summed E-state index contributed by atoms with van der Waals surface area (Å²) in [6, 6.07) is 0. The second-order valence-corrected chi connectivity index (χ2v) is 9.84. The molecule has 0 aliphatic heterocycles. The highest BCUT2D eigenvalue weighted by molar-refractivity contribution is 5.70. The predicted molar refractivity (Wildman–Crippen MR) is 125 cm³/mol. The van der Waals surface area contributed by atoms with Gasteiger partial charge in [-0.05, 0) is 18.8 Å². The molecule has 0 heterocycles. The normalized spacial score (nSPS) is 12.8. The molecule has 0 aromatic rings. The number of unbranched alkanes of at least 4 members (excludes halogenated alkanes) is 10. The molecule has 178 valence electrons. The number of ether oxygens (including phenoxy) is 2. The predicted octanol–water partition coefficient (Wildman–Crippen LogP) is 7.62. The van der Waals surface area contributed by atoms with Crippen molar-refractivity contribution < 1.29 is 19.1 Å². The fourth-order valence-electron chi connectivity index (χ4n) is 3.92. The van der Waals surface area contributed by atoms with Crippen LogP contribution in [-0.4, -0.2) is 24.6 Å². The van der Waals surface area contributed by atoms with Gasteiger partial charge < -0.3 is 9.47 Å². The zero-order valence-electron chi connectivity index (χ0n) is 20.9. The number of hydrogen-bond donors (Lipinski definition) is 0. The minimum atomic E-state index is -0.401. The van der Waals surface area contributed by atoms with Crippen LogP contribution in [0.5, 0.6) is 0 Å². The fraction of sp³-hybridized carbons (Fsp3) is 0.923. The minimum Gasteiger partial charge on any atom is -0.465 e. The summed E-state index contributed by atoms with van der Waals surface area (Å²) >= 11 is 0. The zero-order valence-corrected chi connectivity index (χ0v) is 20.9. The van der Waals surface area contributed by atoms with E-state index in [0.717, 1.165) is 25.7 Å². The zero-order chi connectivity index (χ0) is 22.8. The second-order valence-electron chi connectivity index (χ2n) is 9.84. The van der Waals surface area contributed by atoms with E-state index in [0.29, 0.717) is 12.8 Å². The Morgan fingerprint density at radius 1 is 0.700 bits per heavy atom. The Labute approximate surface area is 186 Å². The van der Waals surface area contributed by atoms with Crippen LogP contribution in [0.3, 0.4) is 0 Å². The Morgan fingerprint density at radius 3 is 1.60 bits per heavy atom. The molecule has 0 aromatic carbocycles. The van der Waals surface area contributed by atoms with E-state index in [1.165, 1.54) is 51.4 Å². The van der Waals surface area contributed by atoms with E-state index in [2.05, 4.69) is 27.7 Å². The van der Waals surface area contributed by atoms with Crippen molar-refractivity contribution in [1.29, 1.82) is 0 Å². The van der Waals surface area contributed by atoms with Crippen LogP contribution in [0, 0.1) is 11.3 Å². The van der Waals surface area contributed by atoms with E-state index in [1.54, 1.807) is 0 Å². The smallest absolute Gasteiger partial charge is 0.306 e. The van der Waals surface area contributed by atoms with Crippen molar-refractivity contribution in [2.75, 3.05) is 6.61 Å². The van der Waals surface area contributed by atoms with Gasteiger partial charge in [0.1, 0.15) is 6.10 Å². The molecule has 0 saturated heterocycles. The fourth-order valence-corrected chi connectivity index (χ4v) is 3.92.